The molecule has 1 rings (SSSR count). The standard InChI is InChI=1S/C3H4N4O2.BrH/c8-3(9)5-2-1-4-7-6-2;/h1H,(H,8,9)(H2,4,5,6,7);1H. The van der Waals surface area contributed by atoms with Gasteiger partial charge < -0.3 is 5.11 Å². The smallest absolute Gasteiger partial charge is 0.410 e. The second-order valence-electron chi connectivity index (χ2n) is 1.29. The molecule has 3 N–H and O–H groups in total. The molecule has 6 nitrogen and oxygen atoms in total. The topological polar surface area (TPSA) is 90.9 Å². The van der Waals surface area contributed by atoms with Gasteiger partial charge in [0.05, 0.1) is 6.20 Å². The van der Waals surface area contributed by atoms with Crippen LogP contribution < -0.4 is 5.32 Å². The third kappa shape index (κ3) is 2.44. The maximum atomic E-state index is 9.87. The fraction of sp³-hybridized carbons (Fsp3) is 0. The summed E-state index contributed by atoms with van der Waals surface area (Å²) in [5.41, 5.74) is 0. The zero-order valence-corrected chi connectivity index (χ0v) is 6.45. The molecule has 0 aromatic carbocycles. The van der Waals surface area contributed by atoms with Crippen molar-refractivity contribution in [2.45, 2.75) is 0 Å². The summed E-state index contributed by atoms with van der Waals surface area (Å²) in [6.07, 6.45) is 0.192. The van der Waals surface area contributed by atoms with Crippen molar-refractivity contribution in [2.75, 3.05) is 5.32 Å². The van der Waals surface area contributed by atoms with E-state index in [9.17, 15) is 4.79 Å². The third-order valence-electron chi connectivity index (χ3n) is 0.652. The van der Waals surface area contributed by atoms with E-state index in [-0.39, 0.29) is 22.8 Å². The number of halogens is 1. The first-order valence-electron chi connectivity index (χ1n) is 2.15. The van der Waals surface area contributed by atoms with Gasteiger partial charge in [0.1, 0.15) is 0 Å². The Bertz CT molecular complexity index is 198. The van der Waals surface area contributed by atoms with E-state index in [4.69, 9.17) is 5.11 Å². The predicted molar refractivity (Wildman–Crippen MR) is 38.4 cm³/mol. The van der Waals surface area contributed by atoms with Gasteiger partial charge in [-0.05, 0) is 0 Å². The van der Waals surface area contributed by atoms with Crippen molar-refractivity contribution in [2.24, 2.45) is 0 Å². The molecule has 1 aromatic heterocycles. The quantitative estimate of drug-likeness (QED) is 0.626. The lowest BCUT2D eigenvalue weighted by atomic mass is 10.7. The van der Waals surface area contributed by atoms with Crippen molar-refractivity contribution in [3.8, 4) is 0 Å². The van der Waals surface area contributed by atoms with Crippen molar-refractivity contribution in [1.29, 1.82) is 0 Å². The summed E-state index contributed by atoms with van der Waals surface area (Å²) in [7, 11) is 0. The molecule has 0 aliphatic heterocycles. The molecule has 0 saturated carbocycles. The third-order valence-corrected chi connectivity index (χ3v) is 0.652. The molecule has 0 unspecified atom stereocenters. The lowest BCUT2D eigenvalue weighted by Gasteiger charge is -1.88. The highest BCUT2D eigenvalue weighted by atomic mass is 79.9. The number of carbonyl (C=O) groups is 1. The number of aromatic nitrogens is 3. The van der Waals surface area contributed by atoms with E-state index in [2.05, 4.69) is 15.4 Å². The molecule has 1 amide bonds. The Morgan fingerprint density at radius 3 is 2.90 bits per heavy atom. The number of nitrogens with zero attached hydrogens (tertiary/aromatic N) is 2. The summed E-state index contributed by atoms with van der Waals surface area (Å²) in [5, 5.41) is 19.1. The first kappa shape index (κ1) is 8.89. The SMILES string of the molecule is Br.O=C(O)Nc1c[nH]nn1. The van der Waals surface area contributed by atoms with Crippen LogP contribution in [0.1, 0.15) is 0 Å². The van der Waals surface area contributed by atoms with Crippen molar-refractivity contribution in [3.05, 3.63) is 6.20 Å². The van der Waals surface area contributed by atoms with Crippen molar-refractivity contribution >= 4 is 28.9 Å². The molecule has 0 fully saturated rings. The van der Waals surface area contributed by atoms with Crippen LogP contribution in [0.3, 0.4) is 0 Å². The summed E-state index contributed by atoms with van der Waals surface area (Å²) in [4.78, 5) is 9.87. The number of carboxylic acid groups (broad SMARTS) is 1. The van der Waals surface area contributed by atoms with Gasteiger partial charge in [0.25, 0.3) is 0 Å². The molecule has 0 saturated heterocycles. The Kier molecular flexibility index (Phi) is 3.40. The zero-order chi connectivity index (χ0) is 6.69. The van der Waals surface area contributed by atoms with Gasteiger partial charge in [-0.1, -0.05) is 5.21 Å². The Labute approximate surface area is 66.4 Å². The lowest BCUT2D eigenvalue weighted by molar-refractivity contribution is 0.209. The summed E-state index contributed by atoms with van der Waals surface area (Å²) < 4.78 is 0. The zero-order valence-electron chi connectivity index (χ0n) is 4.74. The molecule has 0 bridgehead atoms. The first-order valence-corrected chi connectivity index (χ1v) is 2.15. The molecular formula is C3H5BrN4O2. The second kappa shape index (κ2) is 3.83. The number of nitrogens with one attached hydrogen (secondary N) is 2. The minimum atomic E-state index is -1.15. The summed E-state index contributed by atoms with van der Waals surface area (Å²) >= 11 is 0. The van der Waals surface area contributed by atoms with Crippen LogP contribution in [0.2, 0.25) is 0 Å². The van der Waals surface area contributed by atoms with Crippen LogP contribution in [0.4, 0.5) is 10.6 Å². The highest BCUT2D eigenvalue weighted by molar-refractivity contribution is 8.93. The van der Waals surface area contributed by atoms with Crippen LogP contribution in [0.25, 0.3) is 0 Å². The molecule has 1 aromatic rings. The van der Waals surface area contributed by atoms with Crippen molar-refractivity contribution in [1.82, 2.24) is 15.4 Å². The molecule has 0 spiro atoms. The van der Waals surface area contributed by atoms with E-state index < -0.39 is 6.09 Å². The van der Waals surface area contributed by atoms with Gasteiger partial charge in [-0.25, -0.2) is 4.79 Å². The van der Waals surface area contributed by atoms with Gasteiger partial charge in [-0.15, -0.1) is 22.1 Å². The molecule has 56 valence electrons. The van der Waals surface area contributed by atoms with E-state index in [0.29, 0.717) is 0 Å². The van der Waals surface area contributed by atoms with Crippen molar-refractivity contribution < 1.29 is 9.90 Å². The van der Waals surface area contributed by atoms with E-state index in [1.54, 1.807) is 0 Å². The second-order valence-corrected chi connectivity index (χ2v) is 1.29. The monoisotopic (exact) mass is 208 g/mol. The van der Waals surface area contributed by atoms with Crippen molar-refractivity contribution in [3.63, 3.8) is 0 Å². The molecule has 0 atom stereocenters. The summed E-state index contributed by atoms with van der Waals surface area (Å²) in [6, 6.07) is 0. The van der Waals surface area contributed by atoms with E-state index in [1.807, 2.05) is 5.32 Å². The molecule has 0 aliphatic carbocycles. The molecule has 0 aliphatic rings. The van der Waals surface area contributed by atoms with E-state index in [0.717, 1.165) is 0 Å². The summed E-state index contributed by atoms with van der Waals surface area (Å²) in [6.45, 7) is 0. The van der Waals surface area contributed by atoms with Crippen LogP contribution in [0.15, 0.2) is 6.20 Å². The molecular weight excluding hydrogens is 204 g/mol. The molecule has 10 heavy (non-hydrogen) atoms. The minimum Gasteiger partial charge on any atom is -0.465 e. The van der Waals surface area contributed by atoms with Crippen LogP contribution >= 0.6 is 17.0 Å². The first-order chi connectivity index (χ1) is 4.29. The molecule has 1 heterocycles. The van der Waals surface area contributed by atoms with Gasteiger partial charge in [0, 0.05) is 0 Å². The number of hydrogen-bond acceptors (Lipinski definition) is 3. The normalized spacial score (nSPS) is 8.00. The van der Waals surface area contributed by atoms with E-state index in [1.165, 1.54) is 6.20 Å². The number of H-pyrrole nitrogens is 1. The number of amides is 1. The summed E-state index contributed by atoms with van der Waals surface area (Å²) in [5.74, 6) is 0.197. The molecule has 0 radical (unpaired) electrons. The Morgan fingerprint density at radius 2 is 2.50 bits per heavy atom. The predicted octanol–water partition coefficient (Wildman–Crippen LogP) is 0.472. The van der Waals surface area contributed by atoms with Crippen LogP contribution in [-0.4, -0.2) is 26.6 Å². The maximum absolute atomic E-state index is 9.87. The fourth-order valence-corrected chi connectivity index (χ4v) is 0.372. The van der Waals surface area contributed by atoms with Gasteiger partial charge >= 0.3 is 6.09 Å². The highest BCUT2D eigenvalue weighted by Crippen LogP contribution is 1.93. The van der Waals surface area contributed by atoms with Gasteiger partial charge in [-0.2, -0.15) is 0 Å². The minimum absolute atomic E-state index is 0. The average molecular weight is 209 g/mol. The van der Waals surface area contributed by atoms with Gasteiger partial charge in [0.2, 0.25) is 0 Å². The molecule has 7 heteroatoms. The Morgan fingerprint density at radius 1 is 1.80 bits per heavy atom. The number of anilines is 1. The van der Waals surface area contributed by atoms with Gasteiger partial charge in [-0.3, -0.25) is 10.4 Å². The Hall–Kier alpha value is -1.11. The lowest BCUT2D eigenvalue weighted by Crippen LogP contribution is -2.07. The van der Waals surface area contributed by atoms with Crippen LogP contribution in [-0.2, 0) is 0 Å². The van der Waals surface area contributed by atoms with Crippen LogP contribution in [0.5, 0.6) is 0 Å². The Balaban J connectivity index is 0.000000810. The van der Waals surface area contributed by atoms with Crippen LogP contribution in [0, 0.1) is 0 Å². The van der Waals surface area contributed by atoms with Gasteiger partial charge in [0.15, 0.2) is 5.82 Å². The number of aromatic amines is 1. The van der Waals surface area contributed by atoms with E-state index >= 15 is 0 Å². The fourth-order valence-electron chi connectivity index (χ4n) is 0.372. The number of hydrogen-bond donors (Lipinski definition) is 3. The number of rotatable bonds is 1. The highest BCUT2D eigenvalue weighted by Gasteiger charge is 1.97. The average Bonchev–Trinajstić information content (AvgIpc) is 2.15. The maximum Gasteiger partial charge on any atom is 0.410 e. The largest absolute Gasteiger partial charge is 0.465 e.